The lowest BCUT2D eigenvalue weighted by atomic mass is 10.1. The smallest absolute Gasteiger partial charge is 0.250 e. The van der Waals surface area contributed by atoms with Gasteiger partial charge in [0.1, 0.15) is 13.3 Å². The Labute approximate surface area is 71.5 Å². The molecular weight excluding hydrogens is 158 g/mol. The van der Waals surface area contributed by atoms with Crippen LogP contribution in [0.15, 0.2) is 0 Å². The van der Waals surface area contributed by atoms with E-state index in [4.69, 9.17) is 4.74 Å². The molecule has 1 saturated heterocycles. The minimum absolute atomic E-state index is 0.0154. The number of carbonyl (C=O) groups is 2. The molecule has 68 valence electrons. The largest absolute Gasteiger partial charge is 0.351 e. The molecule has 4 heteroatoms. The van der Waals surface area contributed by atoms with Crippen molar-refractivity contribution in [1.29, 1.82) is 0 Å². The van der Waals surface area contributed by atoms with Crippen LogP contribution in [0, 0.1) is 5.92 Å². The molecule has 0 N–H and O–H groups in total. The first-order valence-electron chi connectivity index (χ1n) is 3.99. The van der Waals surface area contributed by atoms with Gasteiger partial charge in [-0.05, 0) is 0 Å². The first-order valence-corrected chi connectivity index (χ1v) is 3.99. The molecule has 0 aromatic heterocycles. The summed E-state index contributed by atoms with van der Waals surface area (Å²) in [7, 11) is 0. The van der Waals surface area contributed by atoms with Gasteiger partial charge in [-0.15, -0.1) is 0 Å². The summed E-state index contributed by atoms with van der Waals surface area (Å²) >= 11 is 0. The molecule has 0 aromatic rings. The van der Waals surface area contributed by atoms with Crippen molar-refractivity contribution in [3.05, 3.63) is 0 Å². The van der Waals surface area contributed by atoms with Crippen molar-refractivity contribution < 1.29 is 14.3 Å². The van der Waals surface area contributed by atoms with Crippen molar-refractivity contribution in [2.75, 3.05) is 19.9 Å². The molecule has 1 aliphatic heterocycles. The fraction of sp³-hybridized carbons (Fsp3) is 0.750. The van der Waals surface area contributed by atoms with Gasteiger partial charge >= 0.3 is 0 Å². The second-order valence-electron chi connectivity index (χ2n) is 3.19. The number of carbonyl (C=O) groups excluding carboxylic acids is 2. The van der Waals surface area contributed by atoms with E-state index in [0.29, 0.717) is 0 Å². The molecule has 0 atom stereocenters. The molecule has 0 bridgehead atoms. The summed E-state index contributed by atoms with van der Waals surface area (Å²) in [5, 5.41) is 0. The maximum absolute atomic E-state index is 11.2. The third-order valence-corrected chi connectivity index (χ3v) is 1.82. The van der Waals surface area contributed by atoms with Crippen LogP contribution in [-0.2, 0) is 14.3 Å². The van der Waals surface area contributed by atoms with E-state index < -0.39 is 0 Å². The number of rotatable bonds is 3. The Morgan fingerprint density at radius 1 is 1.67 bits per heavy atom. The SMILES string of the molecule is CC(C)C(=O)CN1COCC1=O. The highest BCUT2D eigenvalue weighted by molar-refractivity contribution is 5.88. The van der Waals surface area contributed by atoms with Gasteiger partial charge in [-0.25, -0.2) is 0 Å². The highest BCUT2D eigenvalue weighted by Gasteiger charge is 2.23. The molecule has 1 aliphatic rings. The van der Waals surface area contributed by atoms with Gasteiger partial charge in [-0.2, -0.15) is 0 Å². The summed E-state index contributed by atoms with van der Waals surface area (Å²) in [5.74, 6) is -0.0312. The van der Waals surface area contributed by atoms with Crippen LogP contribution in [0.2, 0.25) is 0 Å². The molecule has 0 aliphatic carbocycles. The first-order chi connectivity index (χ1) is 5.61. The van der Waals surface area contributed by atoms with Crippen molar-refractivity contribution in [2.45, 2.75) is 13.8 Å². The van der Waals surface area contributed by atoms with Gasteiger partial charge in [0, 0.05) is 5.92 Å². The molecule has 1 rings (SSSR count). The fourth-order valence-electron chi connectivity index (χ4n) is 0.911. The Hall–Kier alpha value is -0.900. The molecule has 0 aromatic carbocycles. The van der Waals surface area contributed by atoms with Crippen LogP contribution in [0.4, 0.5) is 0 Å². The van der Waals surface area contributed by atoms with E-state index in [1.54, 1.807) is 0 Å². The van der Waals surface area contributed by atoms with E-state index in [1.807, 2.05) is 13.8 Å². The molecular formula is C8H13NO3. The molecule has 1 heterocycles. The number of ether oxygens (including phenoxy) is 1. The first kappa shape index (κ1) is 9.19. The molecule has 1 amide bonds. The van der Waals surface area contributed by atoms with E-state index in [1.165, 1.54) is 4.90 Å². The molecule has 0 spiro atoms. The molecule has 4 nitrogen and oxygen atoms in total. The molecule has 1 fully saturated rings. The summed E-state index contributed by atoms with van der Waals surface area (Å²) in [6.07, 6.45) is 0. The molecule has 0 unspecified atom stereocenters. The highest BCUT2D eigenvalue weighted by Crippen LogP contribution is 2.03. The maximum atomic E-state index is 11.2. The van der Waals surface area contributed by atoms with Crippen molar-refractivity contribution in [3.8, 4) is 0 Å². The summed E-state index contributed by atoms with van der Waals surface area (Å²) in [5.41, 5.74) is 0. The van der Waals surface area contributed by atoms with E-state index in [9.17, 15) is 9.59 Å². The summed E-state index contributed by atoms with van der Waals surface area (Å²) in [6.45, 7) is 4.21. The molecule has 0 radical (unpaired) electrons. The fourth-order valence-corrected chi connectivity index (χ4v) is 0.911. The number of ketones is 1. The van der Waals surface area contributed by atoms with Crippen LogP contribution in [0.25, 0.3) is 0 Å². The van der Waals surface area contributed by atoms with Gasteiger partial charge in [0.25, 0.3) is 5.91 Å². The highest BCUT2D eigenvalue weighted by atomic mass is 16.5. The van der Waals surface area contributed by atoms with Gasteiger partial charge < -0.3 is 9.64 Å². The monoisotopic (exact) mass is 171 g/mol. The van der Waals surface area contributed by atoms with Crippen LogP contribution in [0.3, 0.4) is 0 Å². The normalized spacial score (nSPS) is 17.6. The van der Waals surface area contributed by atoms with Crippen molar-refractivity contribution >= 4 is 11.7 Å². The van der Waals surface area contributed by atoms with Crippen LogP contribution in [0.1, 0.15) is 13.8 Å². The Morgan fingerprint density at radius 3 is 2.75 bits per heavy atom. The second-order valence-corrected chi connectivity index (χ2v) is 3.19. The number of Topliss-reactive ketones (excluding diaryl/α,β-unsaturated/α-hetero) is 1. The lowest BCUT2D eigenvalue weighted by Crippen LogP contribution is -2.33. The summed E-state index contributed by atoms with van der Waals surface area (Å²) in [6, 6.07) is 0. The van der Waals surface area contributed by atoms with Crippen LogP contribution in [-0.4, -0.2) is 36.5 Å². The Kier molecular flexibility index (Phi) is 2.81. The van der Waals surface area contributed by atoms with Crippen LogP contribution >= 0.6 is 0 Å². The predicted octanol–water partition coefficient (Wildman–Crippen LogP) is 0.0278. The third-order valence-electron chi connectivity index (χ3n) is 1.82. The average Bonchev–Trinajstić information content (AvgIpc) is 2.36. The predicted molar refractivity (Wildman–Crippen MR) is 42.4 cm³/mol. The van der Waals surface area contributed by atoms with Crippen molar-refractivity contribution in [1.82, 2.24) is 4.90 Å². The zero-order chi connectivity index (χ0) is 9.14. The van der Waals surface area contributed by atoms with Gasteiger partial charge in [0.15, 0.2) is 5.78 Å². The standard InChI is InChI=1S/C8H13NO3/c1-6(2)7(10)3-9-5-12-4-8(9)11/h6H,3-5H2,1-2H3. The number of hydrogen-bond acceptors (Lipinski definition) is 3. The zero-order valence-electron chi connectivity index (χ0n) is 7.37. The molecule has 0 saturated carbocycles. The van der Waals surface area contributed by atoms with E-state index in [0.717, 1.165) is 0 Å². The van der Waals surface area contributed by atoms with Gasteiger partial charge in [-0.3, -0.25) is 9.59 Å². The minimum Gasteiger partial charge on any atom is -0.351 e. The quantitative estimate of drug-likeness (QED) is 0.601. The Morgan fingerprint density at radius 2 is 2.33 bits per heavy atom. The second kappa shape index (κ2) is 3.67. The Bertz CT molecular complexity index is 200. The third kappa shape index (κ3) is 2.04. The van der Waals surface area contributed by atoms with E-state index >= 15 is 0 Å². The number of amides is 1. The van der Waals surface area contributed by atoms with Crippen LogP contribution < -0.4 is 0 Å². The average molecular weight is 171 g/mol. The number of nitrogens with zero attached hydrogens (tertiary/aromatic N) is 1. The van der Waals surface area contributed by atoms with Crippen molar-refractivity contribution in [2.24, 2.45) is 5.92 Å². The molecule has 12 heavy (non-hydrogen) atoms. The van der Waals surface area contributed by atoms with Crippen LogP contribution in [0.5, 0.6) is 0 Å². The maximum Gasteiger partial charge on any atom is 0.250 e. The Balaban J connectivity index is 2.40. The minimum atomic E-state index is -0.0935. The lowest BCUT2D eigenvalue weighted by Gasteiger charge is -2.13. The topological polar surface area (TPSA) is 46.6 Å². The van der Waals surface area contributed by atoms with E-state index in [-0.39, 0.29) is 37.5 Å². The van der Waals surface area contributed by atoms with Crippen molar-refractivity contribution in [3.63, 3.8) is 0 Å². The zero-order valence-corrected chi connectivity index (χ0v) is 7.37. The van der Waals surface area contributed by atoms with Gasteiger partial charge in [0.2, 0.25) is 0 Å². The van der Waals surface area contributed by atoms with Gasteiger partial charge in [-0.1, -0.05) is 13.8 Å². The van der Waals surface area contributed by atoms with E-state index in [2.05, 4.69) is 0 Å². The lowest BCUT2D eigenvalue weighted by molar-refractivity contribution is -0.132. The number of hydrogen-bond donors (Lipinski definition) is 0. The van der Waals surface area contributed by atoms with Gasteiger partial charge in [0.05, 0.1) is 6.54 Å². The summed E-state index contributed by atoms with van der Waals surface area (Å²) < 4.78 is 4.87. The summed E-state index contributed by atoms with van der Waals surface area (Å²) in [4.78, 5) is 23.6.